The van der Waals surface area contributed by atoms with Crippen molar-refractivity contribution in [2.45, 2.75) is 23.7 Å². The lowest BCUT2D eigenvalue weighted by atomic mass is 10.1. The summed E-state index contributed by atoms with van der Waals surface area (Å²) in [6, 6.07) is 5.39. The van der Waals surface area contributed by atoms with E-state index >= 15 is 0 Å². The standard InChI is InChI=1S/C13H14F3NO3S/c1-8(12(19)20)6-7-17-11(18)9-4-2-3-5-10(9)21-13(14,15)16/h2-5,8H,6-7H2,1H3,(H,17,18)(H,19,20). The molecule has 8 heteroatoms. The minimum absolute atomic E-state index is 0.0807. The van der Waals surface area contributed by atoms with Gasteiger partial charge in [0.2, 0.25) is 0 Å². The second-order valence-electron chi connectivity index (χ2n) is 4.33. The van der Waals surface area contributed by atoms with E-state index in [1.807, 2.05) is 0 Å². The first kappa shape index (κ1) is 17.4. The Kier molecular flexibility index (Phi) is 6.07. The fraction of sp³-hybridized carbons (Fsp3) is 0.385. The second-order valence-corrected chi connectivity index (χ2v) is 5.43. The molecule has 0 aliphatic heterocycles. The largest absolute Gasteiger partial charge is 0.481 e. The normalized spacial score (nSPS) is 12.8. The van der Waals surface area contributed by atoms with Gasteiger partial charge >= 0.3 is 11.5 Å². The van der Waals surface area contributed by atoms with Gasteiger partial charge in [-0.05, 0) is 30.3 Å². The molecule has 116 valence electrons. The number of alkyl halides is 3. The summed E-state index contributed by atoms with van der Waals surface area (Å²) in [5.74, 6) is -2.28. The summed E-state index contributed by atoms with van der Waals surface area (Å²) in [7, 11) is 0. The van der Waals surface area contributed by atoms with Gasteiger partial charge in [0, 0.05) is 11.4 Å². The smallest absolute Gasteiger partial charge is 0.446 e. The number of amides is 1. The number of carbonyl (C=O) groups is 2. The molecule has 0 saturated heterocycles. The molecule has 0 spiro atoms. The van der Waals surface area contributed by atoms with Crippen LogP contribution in [0.3, 0.4) is 0 Å². The van der Waals surface area contributed by atoms with Gasteiger partial charge in [0.25, 0.3) is 5.91 Å². The highest BCUT2D eigenvalue weighted by Crippen LogP contribution is 2.38. The summed E-state index contributed by atoms with van der Waals surface area (Å²) in [6.45, 7) is 1.57. The molecule has 1 amide bonds. The number of halogens is 3. The minimum atomic E-state index is -4.48. The number of rotatable bonds is 6. The van der Waals surface area contributed by atoms with Gasteiger partial charge in [-0.25, -0.2) is 0 Å². The molecule has 0 fully saturated rings. The second kappa shape index (κ2) is 7.35. The Morgan fingerprint density at radius 2 is 1.95 bits per heavy atom. The van der Waals surface area contributed by atoms with Gasteiger partial charge in [-0.2, -0.15) is 13.2 Å². The molecule has 0 aromatic heterocycles. The third kappa shape index (κ3) is 6.07. The van der Waals surface area contributed by atoms with Gasteiger partial charge in [0.15, 0.2) is 0 Å². The lowest BCUT2D eigenvalue weighted by Gasteiger charge is -2.12. The summed E-state index contributed by atoms with van der Waals surface area (Å²) < 4.78 is 37.2. The van der Waals surface area contributed by atoms with E-state index in [9.17, 15) is 22.8 Å². The van der Waals surface area contributed by atoms with Crippen molar-refractivity contribution in [3.8, 4) is 0 Å². The summed E-state index contributed by atoms with van der Waals surface area (Å²) in [5.41, 5.74) is -4.56. The van der Waals surface area contributed by atoms with Gasteiger partial charge in [-0.3, -0.25) is 9.59 Å². The Bertz CT molecular complexity index is 520. The topological polar surface area (TPSA) is 66.4 Å². The number of carboxylic acid groups (broad SMARTS) is 1. The highest BCUT2D eigenvalue weighted by molar-refractivity contribution is 8.00. The fourth-order valence-electron chi connectivity index (χ4n) is 1.49. The minimum Gasteiger partial charge on any atom is -0.481 e. The van der Waals surface area contributed by atoms with E-state index in [0.717, 1.165) is 0 Å². The molecule has 1 atom stereocenters. The summed E-state index contributed by atoms with van der Waals surface area (Å²) in [6.07, 6.45) is 0.204. The van der Waals surface area contributed by atoms with E-state index in [4.69, 9.17) is 5.11 Å². The molecule has 21 heavy (non-hydrogen) atoms. The third-order valence-electron chi connectivity index (χ3n) is 2.64. The van der Waals surface area contributed by atoms with Crippen LogP contribution >= 0.6 is 11.8 Å². The first-order valence-corrected chi connectivity index (χ1v) is 6.88. The van der Waals surface area contributed by atoms with E-state index in [1.165, 1.54) is 31.2 Å². The zero-order chi connectivity index (χ0) is 16.0. The lowest BCUT2D eigenvalue weighted by Crippen LogP contribution is -2.27. The Labute approximate surface area is 123 Å². The molecule has 0 saturated carbocycles. The number of carboxylic acids is 1. The number of thioether (sulfide) groups is 1. The number of hydrogen-bond acceptors (Lipinski definition) is 3. The van der Waals surface area contributed by atoms with Crippen LogP contribution in [0.1, 0.15) is 23.7 Å². The maximum Gasteiger partial charge on any atom is 0.446 e. The van der Waals surface area contributed by atoms with Gasteiger partial charge < -0.3 is 10.4 Å². The molecular weight excluding hydrogens is 307 g/mol. The first-order valence-electron chi connectivity index (χ1n) is 6.06. The Balaban J connectivity index is 2.68. The molecular formula is C13H14F3NO3S. The van der Waals surface area contributed by atoms with Crippen molar-refractivity contribution in [3.05, 3.63) is 29.8 Å². The molecule has 1 rings (SSSR count). The van der Waals surface area contributed by atoms with Crippen molar-refractivity contribution in [1.29, 1.82) is 0 Å². The van der Waals surface area contributed by atoms with Crippen LogP contribution in [0.5, 0.6) is 0 Å². The van der Waals surface area contributed by atoms with Crippen molar-refractivity contribution in [3.63, 3.8) is 0 Å². The van der Waals surface area contributed by atoms with Crippen LogP contribution in [0.2, 0.25) is 0 Å². The Morgan fingerprint density at radius 1 is 1.33 bits per heavy atom. The number of benzene rings is 1. The number of hydrogen-bond donors (Lipinski definition) is 2. The SMILES string of the molecule is CC(CCNC(=O)c1ccccc1SC(F)(F)F)C(=O)O. The van der Waals surface area contributed by atoms with Crippen LogP contribution in [0.25, 0.3) is 0 Å². The molecule has 1 aromatic rings. The van der Waals surface area contributed by atoms with Crippen LogP contribution < -0.4 is 5.32 Å². The van der Waals surface area contributed by atoms with Crippen LogP contribution in [-0.4, -0.2) is 29.0 Å². The molecule has 1 aromatic carbocycles. The van der Waals surface area contributed by atoms with E-state index in [2.05, 4.69) is 5.32 Å². The quantitative estimate of drug-likeness (QED) is 0.790. The highest BCUT2D eigenvalue weighted by atomic mass is 32.2. The first-order chi connectivity index (χ1) is 9.70. The molecule has 1 unspecified atom stereocenters. The Morgan fingerprint density at radius 3 is 2.52 bits per heavy atom. The zero-order valence-electron chi connectivity index (χ0n) is 11.1. The Hall–Kier alpha value is -1.70. The average Bonchev–Trinajstić information content (AvgIpc) is 2.37. The molecule has 0 aliphatic carbocycles. The van der Waals surface area contributed by atoms with Crippen molar-refractivity contribution in [1.82, 2.24) is 5.32 Å². The van der Waals surface area contributed by atoms with Gasteiger partial charge in [-0.1, -0.05) is 19.1 Å². The maximum absolute atomic E-state index is 12.4. The predicted molar refractivity (Wildman–Crippen MR) is 72.1 cm³/mol. The monoisotopic (exact) mass is 321 g/mol. The zero-order valence-corrected chi connectivity index (χ0v) is 11.9. The molecule has 4 nitrogen and oxygen atoms in total. The van der Waals surface area contributed by atoms with Crippen molar-refractivity contribution in [2.24, 2.45) is 5.92 Å². The van der Waals surface area contributed by atoms with E-state index in [-0.39, 0.29) is 35.2 Å². The maximum atomic E-state index is 12.4. The molecule has 0 aliphatic rings. The van der Waals surface area contributed by atoms with Crippen LogP contribution in [0.15, 0.2) is 29.2 Å². The molecule has 0 heterocycles. The average molecular weight is 321 g/mol. The third-order valence-corrected chi connectivity index (χ3v) is 3.45. The van der Waals surface area contributed by atoms with Crippen molar-refractivity contribution < 1.29 is 27.9 Å². The van der Waals surface area contributed by atoms with Crippen molar-refractivity contribution >= 4 is 23.6 Å². The van der Waals surface area contributed by atoms with E-state index < -0.39 is 23.3 Å². The number of aliphatic carboxylic acids is 1. The summed E-state index contributed by atoms with van der Waals surface area (Å²) in [4.78, 5) is 22.3. The van der Waals surface area contributed by atoms with Crippen molar-refractivity contribution in [2.75, 3.05) is 6.54 Å². The molecule has 0 bridgehead atoms. The molecule has 2 N–H and O–H groups in total. The summed E-state index contributed by atoms with van der Waals surface area (Å²) >= 11 is -0.355. The molecule has 0 radical (unpaired) electrons. The predicted octanol–water partition coefficient (Wildman–Crippen LogP) is 3.14. The van der Waals surface area contributed by atoms with Crippen LogP contribution in [0, 0.1) is 5.92 Å². The number of carbonyl (C=O) groups excluding carboxylic acids is 1. The van der Waals surface area contributed by atoms with Gasteiger partial charge in [-0.15, -0.1) is 0 Å². The summed E-state index contributed by atoms with van der Waals surface area (Å²) in [5, 5.41) is 11.1. The number of nitrogens with one attached hydrogen (secondary N) is 1. The fourth-order valence-corrected chi connectivity index (χ4v) is 2.16. The van der Waals surface area contributed by atoms with Crippen LogP contribution in [0.4, 0.5) is 13.2 Å². The lowest BCUT2D eigenvalue weighted by molar-refractivity contribution is -0.141. The van der Waals surface area contributed by atoms with Gasteiger partial charge in [0.05, 0.1) is 11.5 Å². The highest BCUT2D eigenvalue weighted by Gasteiger charge is 2.31. The van der Waals surface area contributed by atoms with E-state index in [0.29, 0.717) is 0 Å². The van der Waals surface area contributed by atoms with Gasteiger partial charge in [0.1, 0.15) is 0 Å². The van der Waals surface area contributed by atoms with E-state index in [1.54, 1.807) is 0 Å². The van der Waals surface area contributed by atoms with Crippen LogP contribution in [-0.2, 0) is 4.79 Å².